The largest absolute Gasteiger partial charge is 0.440 e. The Bertz CT molecular complexity index is 1180. The molecule has 9 heteroatoms. The van der Waals surface area contributed by atoms with Gasteiger partial charge in [0.05, 0.1) is 0 Å². The molecule has 3 heterocycles. The molecule has 0 atom stereocenters. The van der Waals surface area contributed by atoms with Gasteiger partial charge in [0.25, 0.3) is 5.91 Å². The second kappa shape index (κ2) is 7.47. The molecule has 1 N–H and O–H groups in total. The molecule has 0 spiro atoms. The van der Waals surface area contributed by atoms with Crippen LogP contribution in [0.4, 0.5) is 5.69 Å². The lowest BCUT2D eigenvalue weighted by Gasteiger charge is -2.11. The predicted octanol–water partition coefficient (Wildman–Crippen LogP) is 3.23. The summed E-state index contributed by atoms with van der Waals surface area (Å²) < 4.78 is 30.5. The van der Waals surface area contributed by atoms with E-state index in [1.165, 1.54) is 18.6 Å². The van der Waals surface area contributed by atoms with Crippen LogP contribution in [0.15, 0.2) is 39.8 Å². The molecule has 0 fully saturated rings. The van der Waals surface area contributed by atoms with Gasteiger partial charge in [-0.25, -0.2) is 8.42 Å². The first-order valence-corrected chi connectivity index (χ1v) is 11.4. The monoisotopic (exact) mass is 414 g/mol. The van der Waals surface area contributed by atoms with Gasteiger partial charge in [-0.1, -0.05) is 18.6 Å². The van der Waals surface area contributed by atoms with E-state index in [0.717, 1.165) is 54.8 Å². The third-order valence-corrected chi connectivity index (χ3v) is 5.97. The van der Waals surface area contributed by atoms with E-state index in [-0.39, 0.29) is 10.9 Å². The molecule has 1 aromatic carbocycles. The fourth-order valence-electron chi connectivity index (χ4n) is 3.42. The Labute approximate surface area is 168 Å². The van der Waals surface area contributed by atoms with Crippen LogP contribution in [0.1, 0.15) is 41.2 Å². The van der Waals surface area contributed by atoms with Crippen LogP contribution < -0.4 is 5.32 Å². The third kappa shape index (κ3) is 3.95. The number of fused-ring (bicyclic) bond motifs is 1. The van der Waals surface area contributed by atoms with Crippen LogP contribution in [-0.2, 0) is 22.8 Å². The molecule has 1 aliphatic heterocycles. The van der Waals surface area contributed by atoms with Gasteiger partial charge in [-0.05, 0) is 43.5 Å². The lowest BCUT2D eigenvalue weighted by molar-refractivity contribution is 0.0991. The first-order chi connectivity index (χ1) is 13.8. The highest BCUT2D eigenvalue weighted by Gasteiger charge is 2.19. The van der Waals surface area contributed by atoms with E-state index in [1.807, 2.05) is 25.1 Å². The molecular formula is C20H22N4O4S. The number of hydrogen-bond donors (Lipinski definition) is 1. The fourth-order valence-corrected chi connectivity index (χ4v) is 3.98. The molecule has 4 rings (SSSR count). The molecule has 2 aromatic heterocycles. The molecule has 3 aromatic rings. The van der Waals surface area contributed by atoms with Gasteiger partial charge < -0.3 is 14.3 Å². The van der Waals surface area contributed by atoms with Crippen LogP contribution in [0.5, 0.6) is 0 Å². The van der Waals surface area contributed by atoms with Gasteiger partial charge in [0.15, 0.2) is 11.6 Å². The zero-order chi connectivity index (χ0) is 20.6. The molecule has 8 nitrogen and oxygen atoms in total. The van der Waals surface area contributed by atoms with E-state index < -0.39 is 15.7 Å². The zero-order valence-corrected chi connectivity index (χ0v) is 17.1. The minimum Gasteiger partial charge on any atom is -0.440 e. The third-order valence-electron chi connectivity index (χ3n) is 5.02. The summed E-state index contributed by atoms with van der Waals surface area (Å²) in [6.07, 6.45) is 5.34. The van der Waals surface area contributed by atoms with E-state index in [2.05, 4.69) is 20.1 Å². The molecule has 0 aliphatic carbocycles. The molecule has 0 unspecified atom stereocenters. The second-order valence-corrected chi connectivity index (χ2v) is 9.22. The van der Waals surface area contributed by atoms with Crippen molar-refractivity contribution in [3.05, 3.63) is 47.5 Å². The SMILES string of the molecule is Cc1ccc(-c2nnc3n2CCCCC3)cc1NC(=O)c1ccc(S(C)(=O)=O)o1. The number of hydrogen-bond acceptors (Lipinski definition) is 6. The number of carbonyl (C=O) groups is 1. The molecular weight excluding hydrogens is 392 g/mol. The fraction of sp³-hybridized carbons (Fsp3) is 0.350. The number of nitrogens with one attached hydrogen (secondary N) is 1. The Kier molecular flexibility index (Phi) is 4.99. The van der Waals surface area contributed by atoms with Gasteiger partial charge in [0.2, 0.25) is 14.9 Å². The van der Waals surface area contributed by atoms with Gasteiger partial charge in [-0.3, -0.25) is 4.79 Å². The van der Waals surface area contributed by atoms with Gasteiger partial charge in [0.1, 0.15) is 5.82 Å². The number of carbonyl (C=O) groups excluding carboxylic acids is 1. The molecule has 1 aliphatic rings. The number of rotatable bonds is 4. The van der Waals surface area contributed by atoms with Gasteiger partial charge in [-0.15, -0.1) is 10.2 Å². The lowest BCUT2D eigenvalue weighted by Crippen LogP contribution is -2.12. The molecule has 0 saturated heterocycles. The first-order valence-electron chi connectivity index (χ1n) is 9.47. The molecule has 0 saturated carbocycles. The number of aromatic nitrogens is 3. The summed E-state index contributed by atoms with van der Waals surface area (Å²) in [7, 11) is -3.51. The van der Waals surface area contributed by atoms with Crippen LogP contribution in [0.3, 0.4) is 0 Å². The molecule has 0 radical (unpaired) electrons. The van der Waals surface area contributed by atoms with E-state index in [1.54, 1.807) is 0 Å². The zero-order valence-electron chi connectivity index (χ0n) is 16.3. The number of nitrogens with zero attached hydrogens (tertiary/aromatic N) is 3. The summed E-state index contributed by atoms with van der Waals surface area (Å²) in [6.45, 7) is 2.77. The lowest BCUT2D eigenvalue weighted by atomic mass is 10.1. The van der Waals surface area contributed by atoms with E-state index in [9.17, 15) is 13.2 Å². The van der Waals surface area contributed by atoms with Crippen LogP contribution in [-0.4, -0.2) is 35.3 Å². The van der Waals surface area contributed by atoms with Gasteiger partial charge in [-0.2, -0.15) is 0 Å². The smallest absolute Gasteiger partial charge is 0.291 e. The van der Waals surface area contributed by atoms with Crippen molar-refractivity contribution in [3.8, 4) is 11.4 Å². The van der Waals surface area contributed by atoms with E-state index in [4.69, 9.17) is 4.42 Å². The molecule has 152 valence electrons. The number of furan rings is 1. The number of sulfone groups is 1. The molecule has 29 heavy (non-hydrogen) atoms. The normalized spacial score (nSPS) is 14.3. The van der Waals surface area contributed by atoms with Crippen molar-refractivity contribution in [2.75, 3.05) is 11.6 Å². The summed E-state index contributed by atoms with van der Waals surface area (Å²) in [5.74, 6) is 1.20. The quantitative estimate of drug-likeness (QED) is 0.702. The van der Waals surface area contributed by atoms with Crippen molar-refractivity contribution < 1.29 is 17.6 Å². The maximum Gasteiger partial charge on any atom is 0.291 e. The number of benzene rings is 1. The van der Waals surface area contributed by atoms with Crippen molar-refractivity contribution in [1.29, 1.82) is 0 Å². The summed E-state index contributed by atoms with van der Waals surface area (Å²) in [6, 6.07) is 8.35. The standard InChI is InChI=1S/C20H22N4O4S/c1-13-7-8-14(19-23-22-17-6-4-3-5-11-24(17)19)12-15(13)21-20(25)16-9-10-18(28-16)29(2,26)27/h7-10,12H,3-6,11H2,1-2H3,(H,21,25). The maximum atomic E-state index is 12.5. The number of amides is 1. The average Bonchev–Trinajstić information content (AvgIpc) is 3.26. The first kappa shape index (κ1) is 19.4. The van der Waals surface area contributed by atoms with Crippen molar-refractivity contribution in [3.63, 3.8) is 0 Å². The van der Waals surface area contributed by atoms with Crippen LogP contribution in [0.25, 0.3) is 11.4 Å². The summed E-state index contributed by atoms with van der Waals surface area (Å²) in [4.78, 5) is 12.5. The van der Waals surface area contributed by atoms with E-state index >= 15 is 0 Å². The topological polar surface area (TPSA) is 107 Å². The van der Waals surface area contributed by atoms with Gasteiger partial charge >= 0.3 is 0 Å². The van der Waals surface area contributed by atoms with Crippen LogP contribution in [0, 0.1) is 6.92 Å². The highest BCUT2D eigenvalue weighted by atomic mass is 32.2. The Hall–Kier alpha value is -2.94. The van der Waals surface area contributed by atoms with Crippen molar-refractivity contribution in [2.24, 2.45) is 0 Å². The van der Waals surface area contributed by atoms with Crippen molar-refractivity contribution in [2.45, 2.75) is 44.2 Å². The van der Waals surface area contributed by atoms with Crippen molar-refractivity contribution in [1.82, 2.24) is 14.8 Å². The summed E-state index contributed by atoms with van der Waals surface area (Å²) >= 11 is 0. The highest BCUT2D eigenvalue weighted by molar-refractivity contribution is 7.90. The Morgan fingerprint density at radius 3 is 2.72 bits per heavy atom. The Morgan fingerprint density at radius 2 is 1.97 bits per heavy atom. The summed E-state index contributed by atoms with van der Waals surface area (Å²) in [5.41, 5.74) is 2.34. The van der Waals surface area contributed by atoms with Crippen LogP contribution in [0.2, 0.25) is 0 Å². The average molecular weight is 414 g/mol. The highest BCUT2D eigenvalue weighted by Crippen LogP contribution is 2.27. The predicted molar refractivity (Wildman–Crippen MR) is 108 cm³/mol. The molecule has 1 amide bonds. The minimum atomic E-state index is -3.51. The van der Waals surface area contributed by atoms with Crippen molar-refractivity contribution >= 4 is 21.4 Å². The Balaban J connectivity index is 1.62. The van der Waals surface area contributed by atoms with E-state index in [0.29, 0.717) is 5.69 Å². The number of anilines is 1. The Morgan fingerprint density at radius 1 is 1.14 bits per heavy atom. The second-order valence-electron chi connectivity index (χ2n) is 7.28. The molecule has 0 bridgehead atoms. The summed E-state index contributed by atoms with van der Waals surface area (Å²) in [5, 5.41) is 11.3. The number of aryl methyl sites for hydroxylation is 2. The minimum absolute atomic E-state index is 0.0634. The van der Waals surface area contributed by atoms with Gasteiger partial charge in [0, 0.05) is 30.5 Å². The maximum absolute atomic E-state index is 12.5. The van der Waals surface area contributed by atoms with Crippen LogP contribution >= 0.6 is 0 Å².